The third-order valence-electron chi connectivity index (χ3n) is 5.62. The molecule has 3 aromatic rings. The summed E-state index contributed by atoms with van der Waals surface area (Å²) in [7, 11) is 1.80. The number of likely N-dealkylation sites (tertiary alicyclic amines) is 1. The maximum absolute atomic E-state index is 13.1. The molecule has 8 heteroatoms. The molecule has 0 bridgehead atoms. The number of amides is 2. The summed E-state index contributed by atoms with van der Waals surface area (Å²) in [4.78, 5) is 34.7. The summed E-state index contributed by atoms with van der Waals surface area (Å²) >= 11 is 1.63. The van der Waals surface area contributed by atoms with Gasteiger partial charge < -0.3 is 14.3 Å². The molecule has 1 saturated heterocycles. The Balaban J connectivity index is 1.38. The molecule has 4 rings (SSSR count). The summed E-state index contributed by atoms with van der Waals surface area (Å²) in [5.41, 5.74) is 5.80. The van der Waals surface area contributed by atoms with Gasteiger partial charge in [-0.2, -0.15) is 0 Å². The van der Waals surface area contributed by atoms with Crippen LogP contribution >= 0.6 is 11.3 Å². The number of likely N-dealkylation sites (N-methyl/N-ethyl adjacent to an activating group) is 1. The fraction of sp³-hybridized carbons (Fsp3) is 0.391. The molecule has 0 spiro atoms. The first-order chi connectivity index (χ1) is 14.9. The summed E-state index contributed by atoms with van der Waals surface area (Å²) < 4.78 is 5.16. The molecule has 1 aliphatic heterocycles. The van der Waals surface area contributed by atoms with E-state index in [2.05, 4.69) is 22.3 Å². The molecule has 0 aliphatic carbocycles. The number of hydrogen-bond donors (Lipinski definition) is 0. The summed E-state index contributed by atoms with van der Waals surface area (Å²) in [6.45, 7) is 4.92. The quantitative estimate of drug-likeness (QED) is 0.587. The number of carbonyl (C=O) groups is 2. The van der Waals surface area contributed by atoms with E-state index in [4.69, 9.17) is 4.52 Å². The van der Waals surface area contributed by atoms with Gasteiger partial charge in [0.25, 0.3) is 0 Å². The molecule has 1 aromatic carbocycles. The topological polar surface area (TPSA) is 79.5 Å². The van der Waals surface area contributed by atoms with Crippen molar-refractivity contribution in [1.29, 1.82) is 0 Å². The summed E-state index contributed by atoms with van der Waals surface area (Å²) in [5, 5.41) is 3.83. The van der Waals surface area contributed by atoms with Crippen LogP contribution in [0.15, 0.2) is 40.4 Å². The fourth-order valence-corrected chi connectivity index (χ4v) is 4.83. The van der Waals surface area contributed by atoms with E-state index >= 15 is 0 Å². The van der Waals surface area contributed by atoms with Crippen LogP contribution < -0.4 is 0 Å². The van der Waals surface area contributed by atoms with Gasteiger partial charge in [0, 0.05) is 26.2 Å². The molecule has 1 fully saturated rings. The van der Waals surface area contributed by atoms with E-state index in [1.54, 1.807) is 34.3 Å². The molecular formula is C23H26N4O3S. The highest BCUT2D eigenvalue weighted by molar-refractivity contribution is 7.13. The lowest BCUT2D eigenvalue weighted by atomic mass is 10.1. The second kappa shape index (κ2) is 9.01. The van der Waals surface area contributed by atoms with E-state index in [1.807, 2.05) is 31.5 Å². The van der Waals surface area contributed by atoms with Crippen LogP contribution in [0.5, 0.6) is 0 Å². The number of thiazole rings is 1. The number of nitrogens with zero attached hydrogens (tertiary/aromatic N) is 4. The fourth-order valence-electron chi connectivity index (χ4n) is 4.02. The Morgan fingerprint density at radius 1 is 1.26 bits per heavy atom. The molecule has 31 heavy (non-hydrogen) atoms. The predicted molar refractivity (Wildman–Crippen MR) is 118 cm³/mol. The monoisotopic (exact) mass is 438 g/mol. The van der Waals surface area contributed by atoms with Gasteiger partial charge >= 0.3 is 0 Å². The van der Waals surface area contributed by atoms with Crippen molar-refractivity contribution in [3.05, 3.63) is 58.6 Å². The third kappa shape index (κ3) is 4.69. The van der Waals surface area contributed by atoms with Crippen LogP contribution in [0, 0.1) is 13.8 Å². The summed E-state index contributed by atoms with van der Waals surface area (Å²) in [6, 6.07) is 9.57. The van der Waals surface area contributed by atoms with Crippen LogP contribution in [-0.4, -0.2) is 51.4 Å². The maximum atomic E-state index is 13.1. The maximum Gasteiger partial charge on any atom is 0.245 e. The molecular weight excluding hydrogens is 412 g/mol. The van der Waals surface area contributed by atoms with E-state index in [9.17, 15) is 9.59 Å². The van der Waals surface area contributed by atoms with Crippen LogP contribution in [0.1, 0.15) is 35.6 Å². The number of benzene rings is 1. The lowest BCUT2D eigenvalue weighted by molar-refractivity contribution is -0.143. The smallest absolute Gasteiger partial charge is 0.245 e. The van der Waals surface area contributed by atoms with Crippen molar-refractivity contribution < 1.29 is 14.1 Å². The van der Waals surface area contributed by atoms with Crippen molar-refractivity contribution in [2.24, 2.45) is 0 Å². The standard InChI is InChI=1S/C23H26N4O3S/c1-15-11-19(30-25-15)12-21(28)27-10-4-5-20(27)23(29)26(3)13-17-6-8-18(9-7-17)22-16(2)24-14-31-22/h6-9,11,14,20H,4-5,10,12-13H2,1-3H3/t20-/m0/s1. The number of hydrogen-bond acceptors (Lipinski definition) is 6. The zero-order chi connectivity index (χ0) is 22.0. The van der Waals surface area contributed by atoms with Gasteiger partial charge in [0.05, 0.1) is 28.2 Å². The van der Waals surface area contributed by atoms with E-state index in [1.165, 1.54) is 0 Å². The predicted octanol–water partition coefficient (Wildman–Crippen LogP) is 3.61. The van der Waals surface area contributed by atoms with Gasteiger partial charge in [-0.05, 0) is 37.8 Å². The first-order valence-corrected chi connectivity index (χ1v) is 11.3. The molecule has 0 saturated carbocycles. The second-order valence-corrected chi connectivity index (χ2v) is 8.87. The number of aromatic nitrogens is 2. The van der Waals surface area contributed by atoms with Gasteiger partial charge in [-0.15, -0.1) is 11.3 Å². The van der Waals surface area contributed by atoms with Crippen LogP contribution in [0.3, 0.4) is 0 Å². The number of aryl methyl sites for hydroxylation is 2. The lowest BCUT2D eigenvalue weighted by Gasteiger charge is -2.28. The highest BCUT2D eigenvalue weighted by Crippen LogP contribution is 2.27. The van der Waals surface area contributed by atoms with Crippen LogP contribution in [-0.2, 0) is 22.6 Å². The Kier molecular flexibility index (Phi) is 6.18. The Bertz CT molecular complexity index is 1070. The van der Waals surface area contributed by atoms with Crippen molar-refractivity contribution in [3.8, 4) is 10.4 Å². The van der Waals surface area contributed by atoms with Crippen molar-refractivity contribution in [1.82, 2.24) is 19.9 Å². The zero-order valence-corrected chi connectivity index (χ0v) is 18.8. The van der Waals surface area contributed by atoms with Gasteiger partial charge in [0.1, 0.15) is 11.8 Å². The molecule has 0 radical (unpaired) electrons. The van der Waals surface area contributed by atoms with Crippen molar-refractivity contribution in [3.63, 3.8) is 0 Å². The Hall–Kier alpha value is -3.00. The SMILES string of the molecule is Cc1cc(CC(=O)N2CCC[C@H]2C(=O)N(C)Cc2ccc(-c3scnc3C)cc2)on1. The van der Waals surface area contributed by atoms with Crippen molar-refractivity contribution >= 4 is 23.2 Å². The molecule has 162 valence electrons. The summed E-state index contributed by atoms with van der Waals surface area (Å²) in [5.74, 6) is 0.414. The highest BCUT2D eigenvalue weighted by Gasteiger charge is 2.35. The first-order valence-electron chi connectivity index (χ1n) is 10.4. The Morgan fingerprint density at radius 3 is 2.68 bits per heavy atom. The molecule has 1 aliphatic rings. The zero-order valence-electron chi connectivity index (χ0n) is 18.0. The molecule has 0 N–H and O–H groups in total. The molecule has 2 aromatic heterocycles. The number of carbonyl (C=O) groups excluding carboxylic acids is 2. The minimum absolute atomic E-state index is 0.0259. The van der Waals surface area contributed by atoms with E-state index in [0.29, 0.717) is 25.3 Å². The molecule has 7 nitrogen and oxygen atoms in total. The van der Waals surface area contributed by atoms with E-state index < -0.39 is 6.04 Å². The van der Waals surface area contributed by atoms with E-state index in [0.717, 1.165) is 33.8 Å². The average Bonchev–Trinajstić information content (AvgIpc) is 3.49. The second-order valence-electron chi connectivity index (χ2n) is 8.01. The van der Waals surface area contributed by atoms with Gasteiger partial charge in [-0.1, -0.05) is 29.4 Å². The number of rotatable bonds is 6. The van der Waals surface area contributed by atoms with Crippen LogP contribution in [0.2, 0.25) is 0 Å². The highest BCUT2D eigenvalue weighted by atomic mass is 32.1. The Labute approximate surface area is 185 Å². The van der Waals surface area contributed by atoms with Crippen LogP contribution in [0.4, 0.5) is 0 Å². The van der Waals surface area contributed by atoms with Gasteiger partial charge in [-0.25, -0.2) is 4.98 Å². The molecule has 0 unspecified atom stereocenters. The lowest BCUT2D eigenvalue weighted by Crippen LogP contribution is -2.46. The van der Waals surface area contributed by atoms with Crippen LogP contribution in [0.25, 0.3) is 10.4 Å². The largest absolute Gasteiger partial charge is 0.361 e. The molecule has 2 amide bonds. The van der Waals surface area contributed by atoms with E-state index in [-0.39, 0.29) is 18.2 Å². The normalized spacial score (nSPS) is 16.0. The summed E-state index contributed by atoms with van der Waals surface area (Å²) in [6.07, 6.45) is 1.65. The van der Waals surface area contributed by atoms with Crippen molar-refractivity contribution in [2.75, 3.05) is 13.6 Å². The van der Waals surface area contributed by atoms with Gasteiger partial charge in [0.15, 0.2) is 0 Å². The average molecular weight is 439 g/mol. The Morgan fingerprint density at radius 2 is 2.03 bits per heavy atom. The minimum Gasteiger partial charge on any atom is -0.361 e. The molecule has 3 heterocycles. The minimum atomic E-state index is -0.416. The van der Waals surface area contributed by atoms with Gasteiger partial charge in [0.2, 0.25) is 11.8 Å². The van der Waals surface area contributed by atoms with Gasteiger partial charge in [-0.3, -0.25) is 9.59 Å². The van der Waals surface area contributed by atoms with Crippen molar-refractivity contribution in [2.45, 2.75) is 45.7 Å². The first kappa shape index (κ1) is 21.2. The third-order valence-corrected chi connectivity index (χ3v) is 6.60. The molecule has 1 atom stereocenters.